The van der Waals surface area contributed by atoms with E-state index in [0.717, 1.165) is 32.2 Å². The maximum Gasteiger partial charge on any atom is 0.323 e. The van der Waals surface area contributed by atoms with Crippen molar-refractivity contribution in [3.63, 3.8) is 0 Å². The van der Waals surface area contributed by atoms with E-state index >= 15 is 0 Å². The molecule has 1 aliphatic rings. The summed E-state index contributed by atoms with van der Waals surface area (Å²) < 4.78 is 5.11. The summed E-state index contributed by atoms with van der Waals surface area (Å²) in [4.78, 5) is 13.3. The second-order valence-electron chi connectivity index (χ2n) is 3.63. The van der Waals surface area contributed by atoms with Gasteiger partial charge in [-0.3, -0.25) is 9.69 Å². The Balaban J connectivity index is 2.28. The average Bonchev–Trinajstić information content (AvgIpc) is 2.65. The summed E-state index contributed by atoms with van der Waals surface area (Å²) in [6.07, 6.45) is 3.72. The highest BCUT2D eigenvalue weighted by Crippen LogP contribution is 2.17. The van der Waals surface area contributed by atoms with Gasteiger partial charge in [0.25, 0.3) is 0 Å². The summed E-state index contributed by atoms with van der Waals surface area (Å²) in [6, 6.07) is -0.211. The maximum atomic E-state index is 11.5. The fraction of sp³-hybridized carbons (Fsp3) is 0.900. The van der Waals surface area contributed by atoms with Gasteiger partial charge in [0.1, 0.15) is 6.04 Å². The van der Waals surface area contributed by atoms with Crippen LogP contribution in [0, 0.1) is 0 Å². The predicted octanol–water partition coefficient (Wildman–Crippen LogP) is 0.744. The molecular weight excluding hydrogens is 182 g/mol. The van der Waals surface area contributed by atoms with Gasteiger partial charge in [0.15, 0.2) is 0 Å². The molecule has 0 radical (unpaired) electrons. The number of likely N-dealkylation sites (tertiary alicyclic amines) is 1. The van der Waals surface area contributed by atoms with Gasteiger partial charge in [-0.15, -0.1) is 0 Å². The van der Waals surface area contributed by atoms with Crippen molar-refractivity contribution in [3.05, 3.63) is 0 Å². The minimum atomic E-state index is -0.211. The first-order valence-electron chi connectivity index (χ1n) is 5.31. The van der Waals surface area contributed by atoms with Gasteiger partial charge >= 0.3 is 5.97 Å². The Labute approximate surface area is 84.8 Å². The molecule has 82 valence electrons. The third-order valence-electron chi connectivity index (χ3n) is 2.56. The van der Waals surface area contributed by atoms with Gasteiger partial charge in [-0.05, 0) is 19.3 Å². The minimum Gasteiger partial charge on any atom is -0.465 e. The van der Waals surface area contributed by atoms with Crippen LogP contribution in [0.25, 0.3) is 0 Å². The number of hydrogen-bond donors (Lipinski definition) is 1. The van der Waals surface area contributed by atoms with Crippen molar-refractivity contribution in [1.82, 2.24) is 4.90 Å². The summed E-state index contributed by atoms with van der Waals surface area (Å²) in [5, 5.41) is 8.98. The van der Waals surface area contributed by atoms with Crippen LogP contribution in [0.5, 0.6) is 0 Å². The second-order valence-corrected chi connectivity index (χ2v) is 3.63. The maximum absolute atomic E-state index is 11.5. The standard InChI is InChI=1S/C10H19NO3/c1-2-3-7-14-10(13)9-5-4-6-11(9)8-12/h9,12H,2-8H2,1H3. The zero-order valence-corrected chi connectivity index (χ0v) is 8.74. The van der Waals surface area contributed by atoms with E-state index < -0.39 is 0 Å². The first-order chi connectivity index (χ1) is 6.79. The molecule has 1 unspecified atom stereocenters. The normalized spacial score (nSPS) is 22.6. The molecule has 0 amide bonds. The lowest BCUT2D eigenvalue weighted by Crippen LogP contribution is -2.37. The first kappa shape index (κ1) is 11.5. The van der Waals surface area contributed by atoms with E-state index in [4.69, 9.17) is 9.84 Å². The predicted molar refractivity (Wildman–Crippen MR) is 52.7 cm³/mol. The van der Waals surface area contributed by atoms with Gasteiger partial charge in [0.2, 0.25) is 0 Å². The van der Waals surface area contributed by atoms with Crippen LogP contribution in [0.3, 0.4) is 0 Å². The smallest absolute Gasteiger partial charge is 0.323 e. The highest BCUT2D eigenvalue weighted by Gasteiger charge is 2.30. The van der Waals surface area contributed by atoms with E-state index in [1.54, 1.807) is 4.90 Å². The molecule has 1 aliphatic heterocycles. The number of aliphatic hydroxyl groups excluding tert-OH is 1. The molecule has 1 rings (SSSR count). The second kappa shape index (κ2) is 5.98. The fourth-order valence-electron chi connectivity index (χ4n) is 1.68. The van der Waals surface area contributed by atoms with Crippen LogP contribution in [0.1, 0.15) is 32.6 Å². The lowest BCUT2D eigenvalue weighted by molar-refractivity contribution is -0.150. The highest BCUT2D eigenvalue weighted by molar-refractivity contribution is 5.76. The summed E-state index contributed by atoms with van der Waals surface area (Å²) in [6.45, 7) is 3.31. The number of aliphatic hydroxyl groups is 1. The Morgan fingerprint density at radius 3 is 3.07 bits per heavy atom. The Kier molecular flexibility index (Phi) is 4.90. The Bertz CT molecular complexity index is 184. The lowest BCUT2D eigenvalue weighted by atomic mass is 10.2. The molecule has 0 saturated carbocycles. The highest BCUT2D eigenvalue weighted by atomic mass is 16.5. The molecule has 0 aliphatic carbocycles. The van der Waals surface area contributed by atoms with Crippen LogP contribution in [-0.2, 0) is 9.53 Å². The van der Waals surface area contributed by atoms with Crippen LogP contribution in [0.15, 0.2) is 0 Å². The number of carbonyl (C=O) groups is 1. The van der Waals surface area contributed by atoms with E-state index in [-0.39, 0.29) is 18.7 Å². The monoisotopic (exact) mass is 201 g/mol. The quantitative estimate of drug-likeness (QED) is 0.526. The number of carbonyl (C=O) groups excluding carboxylic acids is 1. The molecule has 0 aromatic heterocycles. The molecule has 0 aromatic carbocycles. The molecule has 1 N–H and O–H groups in total. The molecule has 1 atom stereocenters. The Hall–Kier alpha value is -0.610. The SMILES string of the molecule is CCCCOC(=O)C1CCCN1CO. The van der Waals surface area contributed by atoms with Crippen molar-refractivity contribution >= 4 is 5.97 Å². The third-order valence-corrected chi connectivity index (χ3v) is 2.56. The molecule has 1 fully saturated rings. The van der Waals surface area contributed by atoms with Crippen LogP contribution in [0.2, 0.25) is 0 Å². The van der Waals surface area contributed by atoms with Gasteiger partial charge in [-0.2, -0.15) is 0 Å². The minimum absolute atomic E-state index is 0.0481. The summed E-state index contributed by atoms with van der Waals surface area (Å²) in [7, 11) is 0. The van der Waals surface area contributed by atoms with E-state index in [1.165, 1.54) is 0 Å². The number of esters is 1. The van der Waals surface area contributed by atoms with Crippen LogP contribution in [0.4, 0.5) is 0 Å². The van der Waals surface area contributed by atoms with E-state index in [9.17, 15) is 4.79 Å². The molecule has 1 saturated heterocycles. The number of rotatable bonds is 5. The number of hydrogen-bond acceptors (Lipinski definition) is 4. The number of ether oxygens (including phenoxy) is 1. The van der Waals surface area contributed by atoms with Crippen molar-refractivity contribution in [2.24, 2.45) is 0 Å². The van der Waals surface area contributed by atoms with Gasteiger partial charge in [-0.1, -0.05) is 13.3 Å². The molecule has 4 nitrogen and oxygen atoms in total. The van der Waals surface area contributed by atoms with Crippen molar-refractivity contribution < 1.29 is 14.6 Å². The van der Waals surface area contributed by atoms with Crippen LogP contribution < -0.4 is 0 Å². The number of nitrogens with zero attached hydrogens (tertiary/aromatic N) is 1. The largest absolute Gasteiger partial charge is 0.465 e. The summed E-state index contributed by atoms with van der Waals surface area (Å²) in [5.41, 5.74) is 0. The lowest BCUT2D eigenvalue weighted by Gasteiger charge is -2.19. The zero-order chi connectivity index (χ0) is 10.4. The molecular formula is C10H19NO3. The Morgan fingerprint density at radius 1 is 1.64 bits per heavy atom. The van der Waals surface area contributed by atoms with Crippen LogP contribution >= 0.6 is 0 Å². The van der Waals surface area contributed by atoms with Crippen molar-refractivity contribution in [1.29, 1.82) is 0 Å². The van der Waals surface area contributed by atoms with Crippen LogP contribution in [-0.4, -0.2) is 41.9 Å². The average molecular weight is 201 g/mol. The van der Waals surface area contributed by atoms with E-state index in [1.807, 2.05) is 0 Å². The van der Waals surface area contributed by atoms with Gasteiger partial charge in [0.05, 0.1) is 13.3 Å². The van der Waals surface area contributed by atoms with Gasteiger partial charge < -0.3 is 9.84 Å². The number of unbranched alkanes of at least 4 members (excludes halogenated alkanes) is 1. The molecule has 1 heterocycles. The van der Waals surface area contributed by atoms with E-state index in [2.05, 4.69) is 6.92 Å². The zero-order valence-electron chi connectivity index (χ0n) is 8.74. The molecule has 0 bridgehead atoms. The fourth-order valence-corrected chi connectivity index (χ4v) is 1.68. The third kappa shape index (κ3) is 2.96. The molecule has 0 aromatic rings. The van der Waals surface area contributed by atoms with Gasteiger partial charge in [-0.25, -0.2) is 0 Å². The summed E-state index contributed by atoms with van der Waals surface area (Å²) in [5.74, 6) is -0.176. The van der Waals surface area contributed by atoms with Crippen molar-refractivity contribution in [2.75, 3.05) is 19.9 Å². The first-order valence-corrected chi connectivity index (χ1v) is 5.31. The molecule has 0 spiro atoms. The topological polar surface area (TPSA) is 49.8 Å². The molecule has 14 heavy (non-hydrogen) atoms. The van der Waals surface area contributed by atoms with E-state index in [0.29, 0.717) is 6.61 Å². The van der Waals surface area contributed by atoms with Gasteiger partial charge in [0, 0.05) is 6.54 Å². The molecule has 4 heteroatoms. The van der Waals surface area contributed by atoms with Crippen molar-refractivity contribution in [3.8, 4) is 0 Å². The van der Waals surface area contributed by atoms with Crippen molar-refractivity contribution in [2.45, 2.75) is 38.6 Å². The summed E-state index contributed by atoms with van der Waals surface area (Å²) >= 11 is 0. The Morgan fingerprint density at radius 2 is 2.43 bits per heavy atom.